The zero-order chi connectivity index (χ0) is 24.0. The molecule has 0 saturated heterocycles. The lowest BCUT2D eigenvalue weighted by Crippen LogP contribution is -2.21. The average molecular weight is 468 g/mol. The molecule has 2 amide bonds. The van der Waals surface area contributed by atoms with Gasteiger partial charge in [-0.1, -0.05) is 45.9 Å². The summed E-state index contributed by atoms with van der Waals surface area (Å²) in [5.74, 6) is 0.589. The highest BCUT2D eigenvalue weighted by Crippen LogP contribution is 2.33. The first-order chi connectivity index (χ1) is 15.8. The van der Waals surface area contributed by atoms with Crippen molar-refractivity contribution in [2.75, 3.05) is 24.9 Å². The standard InChI is InChI=1S/C24H29N5O3S/c1-14(2)18-8-7-9-19(15(3)4)20(18)26-21(30)25-16-10-12-17(13-11-16)33-24-28-22(31-5)27-23(29-24)32-6/h7-15H,1-6H3,(H2,25,26,30). The number of hydrogen-bond acceptors (Lipinski definition) is 7. The number of methoxy groups -OCH3 is 2. The van der Waals surface area contributed by atoms with Crippen molar-refractivity contribution in [3.05, 3.63) is 53.6 Å². The number of rotatable bonds is 8. The second-order valence-corrected chi connectivity index (χ2v) is 8.96. The first kappa shape index (κ1) is 24.3. The topological polar surface area (TPSA) is 98.3 Å². The number of carbonyl (C=O) groups is 1. The molecule has 0 aliphatic heterocycles. The van der Waals surface area contributed by atoms with Crippen molar-refractivity contribution in [2.24, 2.45) is 0 Å². The molecule has 33 heavy (non-hydrogen) atoms. The fraction of sp³-hybridized carbons (Fsp3) is 0.333. The molecule has 8 nitrogen and oxygen atoms in total. The number of urea groups is 1. The average Bonchev–Trinajstić information content (AvgIpc) is 2.79. The van der Waals surface area contributed by atoms with Crippen LogP contribution in [0.2, 0.25) is 0 Å². The molecule has 1 aromatic heterocycles. The van der Waals surface area contributed by atoms with Crippen molar-refractivity contribution < 1.29 is 14.3 Å². The van der Waals surface area contributed by atoms with Gasteiger partial charge in [0.05, 0.1) is 14.2 Å². The Kier molecular flexibility index (Phi) is 8.11. The van der Waals surface area contributed by atoms with Crippen LogP contribution in [-0.2, 0) is 0 Å². The van der Waals surface area contributed by atoms with Crippen LogP contribution >= 0.6 is 11.8 Å². The van der Waals surface area contributed by atoms with Crippen LogP contribution in [0.1, 0.15) is 50.7 Å². The molecule has 3 rings (SSSR count). The summed E-state index contributed by atoms with van der Waals surface area (Å²) in [4.78, 5) is 26.1. The maximum absolute atomic E-state index is 12.8. The van der Waals surface area contributed by atoms with E-state index in [0.29, 0.717) is 22.7 Å². The smallest absolute Gasteiger partial charge is 0.323 e. The highest BCUT2D eigenvalue weighted by Gasteiger charge is 2.16. The summed E-state index contributed by atoms with van der Waals surface area (Å²) in [6.45, 7) is 8.49. The SMILES string of the molecule is COc1nc(OC)nc(Sc2ccc(NC(=O)Nc3c(C(C)C)cccc3C(C)C)cc2)n1. The molecule has 2 aromatic carbocycles. The van der Waals surface area contributed by atoms with Gasteiger partial charge in [0.15, 0.2) is 0 Å². The molecule has 0 unspecified atom stereocenters. The van der Waals surface area contributed by atoms with Crippen LogP contribution in [-0.4, -0.2) is 35.2 Å². The Bertz CT molecular complexity index is 1060. The van der Waals surface area contributed by atoms with Gasteiger partial charge in [-0.2, -0.15) is 9.97 Å². The number of anilines is 2. The van der Waals surface area contributed by atoms with E-state index in [0.717, 1.165) is 21.7 Å². The van der Waals surface area contributed by atoms with E-state index in [1.54, 1.807) is 0 Å². The Morgan fingerprint density at radius 3 is 1.85 bits per heavy atom. The lowest BCUT2D eigenvalue weighted by atomic mass is 9.93. The van der Waals surface area contributed by atoms with Crippen LogP contribution in [0.5, 0.6) is 12.0 Å². The first-order valence-corrected chi connectivity index (χ1v) is 11.4. The summed E-state index contributed by atoms with van der Waals surface area (Å²) in [6, 6.07) is 13.7. The van der Waals surface area contributed by atoms with Crippen LogP contribution in [0.25, 0.3) is 0 Å². The zero-order valence-electron chi connectivity index (χ0n) is 19.7. The van der Waals surface area contributed by atoms with E-state index in [1.165, 1.54) is 26.0 Å². The normalized spacial score (nSPS) is 10.9. The van der Waals surface area contributed by atoms with Crippen molar-refractivity contribution >= 4 is 29.2 Å². The van der Waals surface area contributed by atoms with Gasteiger partial charge in [0.1, 0.15) is 0 Å². The Morgan fingerprint density at radius 2 is 1.36 bits per heavy atom. The van der Waals surface area contributed by atoms with E-state index < -0.39 is 0 Å². The van der Waals surface area contributed by atoms with Gasteiger partial charge in [-0.25, -0.2) is 4.79 Å². The van der Waals surface area contributed by atoms with Crippen molar-refractivity contribution in [1.29, 1.82) is 0 Å². The van der Waals surface area contributed by atoms with Gasteiger partial charge in [-0.05, 0) is 59.0 Å². The van der Waals surface area contributed by atoms with Crippen LogP contribution in [0.4, 0.5) is 16.2 Å². The monoisotopic (exact) mass is 467 g/mol. The van der Waals surface area contributed by atoms with Crippen molar-refractivity contribution in [3.8, 4) is 12.0 Å². The number of ether oxygens (including phenoxy) is 2. The van der Waals surface area contributed by atoms with Crippen LogP contribution < -0.4 is 20.1 Å². The van der Waals surface area contributed by atoms with Crippen molar-refractivity contribution in [3.63, 3.8) is 0 Å². The van der Waals surface area contributed by atoms with Gasteiger partial charge in [0.2, 0.25) is 5.16 Å². The predicted octanol–water partition coefficient (Wildman–Crippen LogP) is 5.93. The molecule has 0 bridgehead atoms. The molecule has 2 N–H and O–H groups in total. The lowest BCUT2D eigenvalue weighted by Gasteiger charge is -2.20. The number of hydrogen-bond donors (Lipinski definition) is 2. The molecule has 174 valence electrons. The van der Waals surface area contributed by atoms with E-state index in [9.17, 15) is 4.79 Å². The van der Waals surface area contributed by atoms with Gasteiger partial charge in [0.25, 0.3) is 0 Å². The van der Waals surface area contributed by atoms with Crippen LogP contribution in [0.3, 0.4) is 0 Å². The highest BCUT2D eigenvalue weighted by atomic mass is 32.2. The quantitative estimate of drug-likeness (QED) is 0.423. The van der Waals surface area contributed by atoms with Crippen LogP contribution in [0, 0.1) is 0 Å². The number of carbonyl (C=O) groups excluding carboxylic acids is 1. The Labute approximate surface area is 198 Å². The third kappa shape index (κ3) is 6.35. The molecular weight excluding hydrogens is 438 g/mol. The highest BCUT2D eigenvalue weighted by molar-refractivity contribution is 7.99. The Balaban J connectivity index is 1.71. The molecule has 0 saturated carbocycles. The number of nitrogens with one attached hydrogen (secondary N) is 2. The van der Waals surface area contributed by atoms with E-state index >= 15 is 0 Å². The van der Waals surface area contributed by atoms with Gasteiger partial charge >= 0.3 is 18.1 Å². The van der Waals surface area contributed by atoms with Gasteiger partial charge in [-0.3, -0.25) is 0 Å². The van der Waals surface area contributed by atoms with Gasteiger partial charge in [-0.15, -0.1) is 4.98 Å². The van der Waals surface area contributed by atoms with E-state index in [1.807, 2.05) is 30.3 Å². The third-order valence-electron chi connectivity index (χ3n) is 4.87. The second kappa shape index (κ2) is 11.0. The second-order valence-electron chi connectivity index (χ2n) is 7.92. The summed E-state index contributed by atoms with van der Waals surface area (Å²) in [5.41, 5.74) is 3.79. The molecule has 0 atom stereocenters. The van der Waals surface area contributed by atoms with E-state index in [2.05, 4.69) is 65.4 Å². The zero-order valence-corrected chi connectivity index (χ0v) is 20.5. The molecular formula is C24H29N5O3S. The first-order valence-electron chi connectivity index (χ1n) is 10.6. The number of aromatic nitrogens is 3. The summed E-state index contributed by atoms with van der Waals surface area (Å²) < 4.78 is 10.2. The van der Waals surface area contributed by atoms with Crippen molar-refractivity contribution in [1.82, 2.24) is 15.0 Å². The van der Waals surface area contributed by atoms with Gasteiger partial charge in [0, 0.05) is 16.3 Å². The number of para-hydroxylation sites is 1. The maximum Gasteiger partial charge on any atom is 0.323 e. The number of amides is 2. The number of benzene rings is 2. The Hall–Kier alpha value is -3.33. The predicted molar refractivity (Wildman–Crippen MR) is 131 cm³/mol. The van der Waals surface area contributed by atoms with Crippen molar-refractivity contribution in [2.45, 2.75) is 49.6 Å². The molecule has 0 spiro atoms. The summed E-state index contributed by atoms with van der Waals surface area (Å²) >= 11 is 1.34. The molecule has 0 aliphatic carbocycles. The Morgan fingerprint density at radius 1 is 0.818 bits per heavy atom. The molecule has 0 radical (unpaired) electrons. The minimum absolute atomic E-state index is 0.182. The van der Waals surface area contributed by atoms with E-state index in [4.69, 9.17) is 9.47 Å². The van der Waals surface area contributed by atoms with Gasteiger partial charge < -0.3 is 20.1 Å². The minimum atomic E-state index is -0.280. The number of nitrogens with zero attached hydrogens (tertiary/aromatic N) is 3. The summed E-state index contributed by atoms with van der Waals surface area (Å²) in [7, 11) is 2.97. The molecule has 0 fully saturated rings. The maximum atomic E-state index is 12.8. The largest absolute Gasteiger partial charge is 0.467 e. The fourth-order valence-electron chi connectivity index (χ4n) is 3.23. The van der Waals surface area contributed by atoms with Crippen LogP contribution in [0.15, 0.2) is 52.5 Å². The summed E-state index contributed by atoms with van der Waals surface area (Å²) in [6.07, 6.45) is 0. The minimum Gasteiger partial charge on any atom is -0.467 e. The third-order valence-corrected chi connectivity index (χ3v) is 5.74. The molecule has 1 heterocycles. The fourth-order valence-corrected chi connectivity index (χ4v) is 3.96. The summed E-state index contributed by atoms with van der Waals surface area (Å²) in [5, 5.41) is 6.42. The molecule has 0 aliphatic rings. The lowest BCUT2D eigenvalue weighted by molar-refractivity contribution is 0.262. The molecule has 9 heteroatoms. The molecule has 3 aromatic rings. The van der Waals surface area contributed by atoms with E-state index in [-0.39, 0.29) is 18.1 Å².